The van der Waals surface area contributed by atoms with Gasteiger partial charge in [0, 0.05) is 21.7 Å². The molecule has 0 bridgehead atoms. The highest BCUT2D eigenvalue weighted by molar-refractivity contribution is 9.10. The fourth-order valence-electron chi connectivity index (χ4n) is 2.80. The second kappa shape index (κ2) is 10.1. The standard InChI is InChI=1S/C22H17BrClN3O3S/c23-18-6-10-21(11-7-18)31(29,30)27(14-16-4-8-19(24)9-5-16)15-22(28)26-20-3-1-2-17(12-20)13-25/h1-12H,14-15H2,(H,26,28). The predicted octanol–water partition coefficient (Wildman–Crippen LogP) is 4.80. The third-order valence-electron chi connectivity index (χ3n) is 4.32. The van der Waals surface area contributed by atoms with Crippen LogP contribution in [-0.4, -0.2) is 25.2 Å². The van der Waals surface area contributed by atoms with Gasteiger partial charge in [0.1, 0.15) is 0 Å². The summed E-state index contributed by atoms with van der Waals surface area (Å²) in [7, 11) is -3.96. The number of nitriles is 1. The van der Waals surface area contributed by atoms with E-state index in [-0.39, 0.29) is 11.4 Å². The van der Waals surface area contributed by atoms with Gasteiger partial charge in [-0.25, -0.2) is 8.42 Å². The monoisotopic (exact) mass is 517 g/mol. The topological polar surface area (TPSA) is 90.3 Å². The van der Waals surface area contributed by atoms with Crippen molar-refractivity contribution in [2.24, 2.45) is 0 Å². The zero-order valence-electron chi connectivity index (χ0n) is 16.1. The van der Waals surface area contributed by atoms with Gasteiger partial charge in [-0.1, -0.05) is 45.7 Å². The van der Waals surface area contributed by atoms with Crippen molar-refractivity contribution in [2.45, 2.75) is 11.4 Å². The zero-order valence-corrected chi connectivity index (χ0v) is 19.3. The summed E-state index contributed by atoms with van der Waals surface area (Å²) in [6, 6.07) is 21.3. The number of carbonyl (C=O) groups is 1. The molecule has 1 amide bonds. The summed E-state index contributed by atoms with van der Waals surface area (Å²) < 4.78 is 28.4. The highest BCUT2D eigenvalue weighted by Gasteiger charge is 2.27. The third-order valence-corrected chi connectivity index (χ3v) is 6.91. The maximum Gasteiger partial charge on any atom is 0.243 e. The van der Waals surface area contributed by atoms with Gasteiger partial charge >= 0.3 is 0 Å². The maximum atomic E-state index is 13.3. The van der Waals surface area contributed by atoms with E-state index in [1.54, 1.807) is 54.6 Å². The molecule has 0 fully saturated rings. The van der Waals surface area contributed by atoms with E-state index in [4.69, 9.17) is 16.9 Å². The highest BCUT2D eigenvalue weighted by atomic mass is 79.9. The highest BCUT2D eigenvalue weighted by Crippen LogP contribution is 2.22. The number of hydrogen-bond acceptors (Lipinski definition) is 4. The number of halogens is 2. The molecule has 3 aromatic rings. The van der Waals surface area contributed by atoms with Crippen LogP contribution in [0.25, 0.3) is 0 Å². The molecule has 0 aromatic heterocycles. The van der Waals surface area contributed by atoms with Crippen molar-refractivity contribution >= 4 is 49.1 Å². The summed E-state index contributed by atoms with van der Waals surface area (Å²) in [4.78, 5) is 12.7. The number of nitrogens with one attached hydrogen (secondary N) is 1. The van der Waals surface area contributed by atoms with Gasteiger partial charge in [-0.15, -0.1) is 0 Å². The fourth-order valence-corrected chi connectivity index (χ4v) is 4.58. The summed E-state index contributed by atoms with van der Waals surface area (Å²) in [5, 5.41) is 12.2. The van der Waals surface area contributed by atoms with Crippen LogP contribution in [-0.2, 0) is 21.4 Å². The minimum atomic E-state index is -3.96. The zero-order chi connectivity index (χ0) is 22.4. The molecule has 3 aromatic carbocycles. The van der Waals surface area contributed by atoms with E-state index in [2.05, 4.69) is 21.2 Å². The average molecular weight is 519 g/mol. The molecule has 3 rings (SSSR count). The van der Waals surface area contributed by atoms with Crippen LogP contribution in [0.2, 0.25) is 5.02 Å². The molecule has 0 saturated heterocycles. The van der Waals surface area contributed by atoms with Gasteiger partial charge in [-0.2, -0.15) is 9.57 Å². The van der Waals surface area contributed by atoms with E-state index < -0.39 is 22.5 Å². The van der Waals surface area contributed by atoms with Crippen LogP contribution >= 0.6 is 27.5 Å². The van der Waals surface area contributed by atoms with Crippen molar-refractivity contribution in [3.8, 4) is 6.07 Å². The predicted molar refractivity (Wildman–Crippen MR) is 123 cm³/mol. The molecule has 1 N–H and O–H groups in total. The Morgan fingerprint density at radius 1 is 1.06 bits per heavy atom. The first-order valence-corrected chi connectivity index (χ1v) is 11.7. The number of hydrogen-bond donors (Lipinski definition) is 1. The molecular formula is C22H17BrClN3O3S. The van der Waals surface area contributed by atoms with Crippen molar-refractivity contribution in [3.05, 3.63) is 93.4 Å². The molecule has 0 unspecified atom stereocenters. The van der Waals surface area contributed by atoms with Crippen molar-refractivity contribution < 1.29 is 13.2 Å². The van der Waals surface area contributed by atoms with Crippen molar-refractivity contribution in [3.63, 3.8) is 0 Å². The molecule has 0 aliphatic rings. The molecule has 6 nitrogen and oxygen atoms in total. The molecule has 158 valence electrons. The first kappa shape index (κ1) is 23.0. The largest absolute Gasteiger partial charge is 0.325 e. The van der Waals surface area contributed by atoms with E-state index in [0.29, 0.717) is 21.8 Å². The molecule has 0 spiro atoms. The van der Waals surface area contributed by atoms with Crippen LogP contribution < -0.4 is 5.32 Å². The maximum absolute atomic E-state index is 13.3. The molecule has 0 radical (unpaired) electrons. The van der Waals surface area contributed by atoms with Gasteiger partial charge in [0.15, 0.2) is 0 Å². The summed E-state index contributed by atoms with van der Waals surface area (Å²) in [5.41, 5.74) is 1.49. The van der Waals surface area contributed by atoms with Crippen LogP contribution in [0.15, 0.2) is 82.2 Å². The van der Waals surface area contributed by atoms with Crippen LogP contribution in [0.3, 0.4) is 0 Å². The van der Waals surface area contributed by atoms with Gasteiger partial charge in [-0.3, -0.25) is 4.79 Å². The smallest absolute Gasteiger partial charge is 0.243 e. The molecule has 0 saturated carbocycles. The van der Waals surface area contributed by atoms with E-state index in [1.807, 2.05) is 6.07 Å². The summed E-state index contributed by atoms with van der Waals surface area (Å²) in [5.74, 6) is -0.523. The number of nitrogens with zero attached hydrogens (tertiary/aromatic N) is 2. The first-order chi connectivity index (χ1) is 14.8. The Labute approximate surface area is 194 Å². The Hall–Kier alpha value is -2.70. The molecule has 0 atom stereocenters. The van der Waals surface area contributed by atoms with Crippen molar-refractivity contribution in [2.75, 3.05) is 11.9 Å². The number of rotatable bonds is 7. The number of carbonyl (C=O) groups excluding carboxylic acids is 1. The summed E-state index contributed by atoms with van der Waals surface area (Å²) in [6.45, 7) is -0.418. The average Bonchev–Trinajstić information content (AvgIpc) is 2.75. The lowest BCUT2D eigenvalue weighted by Crippen LogP contribution is -2.37. The number of sulfonamides is 1. The van der Waals surface area contributed by atoms with Gasteiger partial charge in [-0.05, 0) is 60.2 Å². The lowest BCUT2D eigenvalue weighted by atomic mass is 10.2. The molecule has 0 aliphatic heterocycles. The van der Waals surface area contributed by atoms with Gasteiger partial charge in [0.2, 0.25) is 15.9 Å². The summed E-state index contributed by atoms with van der Waals surface area (Å²) in [6.07, 6.45) is 0. The Balaban J connectivity index is 1.87. The Morgan fingerprint density at radius 3 is 2.39 bits per heavy atom. The second-order valence-corrected chi connectivity index (χ2v) is 9.88. The number of amides is 1. The first-order valence-electron chi connectivity index (χ1n) is 9.08. The normalized spacial score (nSPS) is 11.2. The van der Waals surface area contributed by atoms with Crippen molar-refractivity contribution in [1.82, 2.24) is 4.31 Å². The molecule has 0 aliphatic carbocycles. The van der Waals surface area contributed by atoms with Crippen LogP contribution in [0, 0.1) is 11.3 Å². The van der Waals surface area contributed by atoms with Gasteiger partial charge in [0.25, 0.3) is 0 Å². The molecular weight excluding hydrogens is 502 g/mol. The number of benzene rings is 3. The van der Waals surface area contributed by atoms with Gasteiger partial charge < -0.3 is 5.32 Å². The van der Waals surface area contributed by atoms with Gasteiger partial charge in [0.05, 0.1) is 23.1 Å². The minimum Gasteiger partial charge on any atom is -0.325 e. The van der Waals surface area contributed by atoms with E-state index in [9.17, 15) is 13.2 Å². The minimum absolute atomic E-state index is 0.0127. The van der Waals surface area contributed by atoms with Crippen LogP contribution in [0.1, 0.15) is 11.1 Å². The molecule has 31 heavy (non-hydrogen) atoms. The fraction of sp³-hybridized carbons (Fsp3) is 0.0909. The lowest BCUT2D eigenvalue weighted by Gasteiger charge is -2.22. The Kier molecular flexibility index (Phi) is 7.46. The van der Waals surface area contributed by atoms with Crippen LogP contribution in [0.4, 0.5) is 5.69 Å². The lowest BCUT2D eigenvalue weighted by molar-refractivity contribution is -0.116. The molecule has 9 heteroatoms. The van der Waals surface area contributed by atoms with Crippen molar-refractivity contribution in [1.29, 1.82) is 5.26 Å². The summed E-state index contributed by atoms with van der Waals surface area (Å²) >= 11 is 9.22. The third kappa shape index (κ3) is 6.15. The molecule has 0 heterocycles. The van der Waals surface area contributed by atoms with E-state index in [0.717, 1.165) is 8.78 Å². The Bertz CT molecular complexity index is 1220. The van der Waals surface area contributed by atoms with E-state index >= 15 is 0 Å². The SMILES string of the molecule is N#Cc1cccc(NC(=O)CN(Cc2ccc(Cl)cc2)S(=O)(=O)c2ccc(Br)cc2)c1. The van der Waals surface area contributed by atoms with E-state index in [1.165, 1.54) is 18.2 Å². The quantitative estimate of drug-likeness (QED) is 0.486. The Morgan fingerprint density at radius 2 is 1.74 bits per heavy atom. The number of anilines is 1. The van der Waals surface area contributed by atoms with Crippen LogP contribution in [0.5, 0.6) is 0 Å². The second-order valence-electron chi connectivity index (χ2n) is 6.59.